The molecule has 0 spiro atoms. The van der Waals surface area contributed by atoms with Gasteiger partial charge in [-0.1, -0.05) is 30.3 Å². The van der Waals surface area contributed by atoms with Crippen molar-refractivity contribution in [3.8, 4) is 21.7 Å². The maximum absolute atomic E-state index is 9.49. The molecule has 0 saturated heterocycles. The number of rotatable bonds is 6. The lowest BCUT2D eigenvalue weighted by Crippen LogP contribution is -2.01. The van der Waals surface area contributed by atoms with Gasteiger partial charge in [-0.15, -0.1) is 11.3 Å². The van der Waals surface area contributed by atoms with Crippen LogP contribution in [0.4, 0.5) is 5.82 Å². The molecule has 2 aromatic carbocycles. The predicted octanol–water partition coefficient (Wildman–Crippen LogP) is 5.38. The van der Waals surface area contributed by atoms with Gasteiger partial charge in [-0.3, -0.25) is 0 Å². The second-order valence-corrected chi connectivity index (χ2v) is 8.00. The molecule has 0 fully saturated rings. The summed E-state index contributed by atoms with van der Waals surface area (Å²) in [6.45, 7) is 1.83. The number of nitrogens with one attached hydrogen (secondary N) is 1. The van der Waals surface area contributed by atoms with Crippen molar-refractivity contribution in [2.45, 2.75) is 25.9 Å². The highest BCUT2D eigenvalue weighted by atomic mass is 32.1. The maximum atomic E-state index is 9.49. The van der Waals surface area contributed by atoms with Gasteiger partial charge < -0.3 is 10.4 Å². The van der Waals surface area contributed by atoms with Crippen molar-refractivity contribution >= 4 is 27.4 Å². The Hall–Kier alpha value is -2.76. The Morgan fingerprint density at radius 1 is 1.00 bits per heavy atom. The molecule has 4 nitrogen and oxygen atoms in total. The first kappa shape index (κ1) is 18.6. The van der Waals surface area contributed by atoms with Crippen LogP contribution in [0.15, 0.2) is 60.8 Å². The van der Waals surface area contributed by atoms with Crippen LogP contribution in [0.3, 0.4) is 0 Å². The largest absolute Gasteiger partial charge is 0.393 e. The molecule has 4 aromatic rings. The summed E-state index contributed by atoms with van der Waals surface area (Å²) >= 11 is 1.71. The Morgan fingerprint density at radius 2 is 1.75 bits per heavy atom. The van der Waals surface area contributed by atoms with E-state index in [0.717, 1.165) is 45.9 Å². The Kier molecular flexibility index (Phi) is 5.37. The monoisotopic (exact) mass is 389 g/mol. The van der Waals surface area contributed by atoms with E-state index in [1.807, 2.05) is 26.2 Å². The van der Waals surface area contributed by atoms with E-state index in [0.29, 0.717) is 0 Å². The number of aromatic nitrogens is 2. The normalized spacial score (nSPS) is 12.2. The van der Waals surface area contributed by atoms with Gasteiger partial charge in [-0.05, 0) is 55.2 Å². The van der Waals surface area contributed by atoms with Gasteiger partial charge in [0, 0.05) is 24.4 Å². The highest BCUT2D eigenvalue weighted by Gasteiger charge is 2.08. The molecule has 1 atom stereocenters. The fourth-order valence-corrected chi connectivity index (χ4v) is 4.18. The molecule has 142 valence electrons. The van der Waals surface area contributed by atoms with Gasteiger partial charge >= 0.3 is 0 Å². The van der Waals surface area contributed by atoms with Crippen molar-refractivity contribution in [2.75, 3.05) is 12.4 Å². The minimum Gasteiger partial charge on any atom is -0.393 e. The SMILES string of the molecule is CNc1ccc(-c2ccc(-c3nc4ccc(CC[C@H](C)O)cc4s3)cc2)cn1. The zero-order valence-corrected chi connectivity index (χ0v) is 16.8. The third-order valence-electron chi connectivity index (χ3n) is 4.79. The van der Waals surface area contributed by atoms with Gasteiger partial charge in [0.05, 0.1) is 16.3 Å². The molecule has 5 heteroatoms. The van der Waals surface area contributed by atoms with Crippen LogP contribution in [0, 0.1) is 0 Å². The quantitative estimate of drug-likeness (QED) is 0.465. The fraction of sp³-hybridized carbons (Fsp3) is 0.217. The molecule has 28 heavy (non-hydrogen) atoms. The minimum atomic E-state index is -0.268. The third-order valence-corrected chi connectivity index (χ3v) is 5.86. The van der Waals surface area contributed by atoms with Crippen LogP contribution in [-0.2, 0) is 6.42 Å². The second kappa shape index (κ2) is 8.09. The summed E-state index contributed by atoms with van der Waals surface area (Å²) in [5.41, 5.74) is 5.63. The molecule has 0 saturated carbocycles. The molecule has 0 amide bonds. The Morgan fingerprint density at radius 3 is 2.43 bits per heavy atom. The van der Waals surface area contributed by atoms with Crippen molar-refractivity contribution in [1.29, 1.82) is 0 Å². The number of hydrogen-bond acceptors (Lipinski definition) is 5. The summed E-state index contributed by atoms with van der Waals surface area (Å²) in [4.78, 5) is 9.17. The van der Waals surface area contributed by atoms with E-state index in [2.05, 4.69) is 58.8 Å². The van der Waals surface area contributed by atoms with Gasteiger partial charge in [-0.2, -0.15) is 0 Å². The molecule has 4 rings (SSSR count). The van der Waals surface area contributed by atoms with E-state index in [1.165, 1.54) is 10.3 Å². The van der Waals surface area contributed by atoms with Crippen molar-refractivity contribution in [3.05, 3.63) is 66.4 Å². The van der Waals surface area contributed by atoms with Crippen LogP contribution in [0.2, 0.25) is 0 Å². The third kappa shape index (κ3) is 4.06. The first-order valence-corrected chi connectivity index (χ1v) is 10.3. The molecule has 0 aliphatic rings. The van der Waals surface area contributed by atoms with Gasteiger partial charge in [0.1, 0.15) is 10.8 Å². The highest BCUT2D eigenvalue weighted by Crippen LogP contribution is 2.32. The van der Waals surface area contributed by atoms with E-state index in [-0.39, 0.29) is 6.10 Å². The molecule has 0 aliphatic heterocycles. The van der Waals surface area contributed by atoms with E-state index in [9.17, 15) is 5.11 Å². The maximum Gasteiger partial charge on any atom is 0.125 e. The lowest BCUT2D eigenvalue weighted by molar-refractivity contribution is 0.185. The standard InChI is InChI=1S/C23H23N3OS/c1-15(27)3-4-16-5-11-20-21(13-16)28-23(26-20)18-8-6-17(7-9-18)19-10-12-22(24-2)25-14-19/h5-15,27H,3-4H2,1-2H3,(H,24,25)/t15-/m0/s1. The minimum absolute atomic E-state index is 0.268. The Balaban J connectivity index is 1.57. The number of aryl methyl sites for hydroxylation is 1. The number of hydrogen-bond donors (Lipinski definition) is 2. The van der Waals surface area contributed by atoms with Gasteiger partial charge in [0.2, 0.25) is 0 Å². The first-order chi connectivity index (χ1) is 13.6. The number of thiazole rings is 1. The molecular weight excluding hydrogens is 366 g/mol. The number of pyridine rings is 1. The average molecular weight is 390 g/mol. The number of benzene rings is 2. The summed E-state index contributed by atoms with van der Waals surface area (Å²) in [6.07, 6.45) is 3.28. The number of aliphatic hydroxyl groups excluding tert-OH is 1. The highest BCUT2D eigenvalue weighted by molar-refractivity contribution is 7.21. The van der Waals surface area contributed by atoms with Crippen LogP contribution in [0.25, 0.3) is 31.9 Å². The average Bonchev–Trinajstić information content (AvgIpc) is 3.16. The van der Waals surface area contributed by atoms with E-state index in [4.69, 9.17) is 4.98 Å². The van der Waals surface area contributed by atoms with Gasteiger partial charge in [-0.25, -0.2) is 9.97 Å². The molecule has 2 heterocycles. The lowest BCUT2D eigenvalue weighted by Gasteiger charge is -2.04. The Labute approximate surface area is 168 Å². The van der Waals surface area contributed by atoms with E-state index < -0.39 is 0 Å². The fourth-order valence-electron chi connectivity index (χ4n) is 3.14. The smallest absolute Gasteiger partial charge is 0.125 e. The molecule has 0 bridgehead atoms. The summed E-state index contributed by atoms with van der Waals surface area (Å²) in [5.74, 6) is 0.864. The number of anilines is 1. The van der Waals surface area contributed by atoms with Crippen LogP contribution >= 0.6 is 11.3 Å². The molecule has 0 radical (unpaired) electrons. The Bertz CT molecular complexity index is 1070. The molecule has 0 aliphatic carbocycles. The zero-order valence-electron chi connectivity index (χ0n) is 16.0. The molecule has 2 N–H and O–H groups in total. The molecule has 2 aromatic heterocycles. The van der Waals surface area contributed by atoms with Crippen molar-refractivity contribution in [1.82, 2.24) is 9.97 Å². The zero-order chi connectivity index (χ0) is 19.5. The number of nitrogens with zero attached hydrogens (tertiary/aromatic N) is 2. The first-order valence-electron chi connectivity index (χ1n) is 9.44. The summed E-state index contributed by atoms with van der Waals surface area (Å²) < 4.78 is 1.19. The van der Waals surface area contributed by atoms with Crippen LogP contribution in [0.5, 0.6) is 0 Å². The summed E-state index contributed by atoms with van der Waals surface area (Å²) in [7, 11) is 1.87. The second-order valence-electron chi connectivity index (χ2n) is 6.97. The van der Waals surface area contributed by atoms with Crippen LogP contribution in [-0.4, -0.2) is 28.2 Å². The van der Waals surface area contributed by atoms with E-state index in [1.54, 1.807) is 11.3 Å². The van der Waals surface area contributed by atoms with E-state index >= 15 is 0 Å². The van der Waals surface area contributed by atoms with Crippen LogP contribution < -0.4 is 5.32 Å². The van der Waals surface area contributed by atoms with Crippen LogP contribution in [0.1, 0.15) is 18.9 Å². The number of aliphatic hydroxyl groups is 1. The topological polar surface area (TPSA) is 58.0 Å². The van der Waals surface area contributed by atoms with Gasteiger partial charge in [0.15, 0.2) is 0 Å². The predicted molar refractivity (Wildman–Crippen MR) is 118 cm³/mol. The van der Waals surface area contributed by atoms with Gasteiger partial charge in [0.25, 0.3) is 0 Å². The van der Waals surface area contributed by atoms with Crippen molar-refractivity contribution in [2.24, 2.45) is 0 Å². The summed E-state index contributed by atoms with van der Waals surface area (Å²) in [6, 6.07) is 18.9. The van der Waals surface area contributed by atoms with Crippen molar-refractivity contribution in [3.63, 3.8) is 0 Å². The number of fused-ring (bicyclic) bond motifs is 1. The molecular formula is C23H23N3OS. The molecule has 0 unspecified atom stereocenters. The summed E-state index contributed by atoms with van der Waals surface area (Å²) in [5, 5.41) is 13.6. The lowest BCUT2D eigenvalue weighted by atomic mass is 10.1. The van der Waals surface area contributed by atoms with Crippen molar-refractivity contribution < 1.29 is 5.11 Å².